The molecule has 0 radical (unpaired) electrons. The van der Waals surface area contributed by atoms with Gasteiger partial charge in [0.2, 0.25) is 43.4 Å². The third-order valence-corrected chi connectivity index (χ3v) is 16.8. The summed E-state index contributed by atoms with van der Waals surface area (Å²) in [5.41, 5.74) is 3.85. The van der Waals surface area contributed by atoms with Gasteiger partial charge in [0.15, 0.2) is 25.2 Å². The molecule has 0 spiro atoms. The first-order valence-electron chi connectivity index (χ1n) is 33.4. The van der Waals surface area contributed by atoms with Crippen molar-refractivity contribution in [1.29, 1.82) is 0 Å². The van der Waals surface area contributed by atoms with Crippen LogP contribution in [0, 0.1) is 0 Å². The lowest BCUT2D eigenvalue weighted by Gasteiger charge is -2.45. The van der Waals surface area contributed by atoms with E-state index < -0.39 is 173 Å². The van der Waals surface area contributed by atoms with E-state index in [-0.39, 0.29) is 103 Å². The van der Waals surface area contributed by atoms with E-state index in [1.807, 2.05) is 30.3 Å². The van der Waals surface area contributed by atoms with Crippen molar-refractivity contribution in [2.45, 2.75) is 212 Å². The van der Waals surface area contributed by atoms with E-state index in [1.54, 1.807) is 7.98 Å². The molecule has 37 nitrogen and oxygen atoms in total. The van der Waals surface area contributed by atoms with Gasteiger partial charge >= 0.3 is 0 Å². The van der Waals surface area contributed by atoms with Crippen LogP contribution in [0.3, 0.4) is 0 Å². The molecule has 0 saturated carbocycles. The molecule has 1 aromatic carbocycles. The molecule has 0 unspecified atom stereocenters. The molecular formula is C61H103BN8O29. The number of aliphatic hydroxyl groups excluding tert-OH is 14. The summed E-state index contributed by atoms with van der Waals surface area (Å²) in [5.74, 6) is -2.39. The van der Waals surface area contributed by atoms with Gasteiger partial charge in [0.25, 0.3) is 0 Å². The zero-order valence-electron chi connectivity index (χ0n) is 55.5. The number of ether oxygens (including phenoxy) is 8. The molecule has 99 heavy (non-hydrogen) atoms. The zero-order valence-corrected chi connectivity index (χ0v) is 55.5. The molecule has 4 fully saturated rings. The van der Waals surface area contributed by atoms with Crippen LogP contribution in [-0.2, 0) is 77.9 Å². The average Bonchev–Trinajstić information content (AvgIpc) is 0.796. The van der Waals surface area contributed by atoms with Crippen molar-refractivity contribution in [3.8, 4) is 0 Å². The number of unbranched alkanes of at least 4 members (excludes halogenated alkanes) is 6. The minimum atomic E-state index is -1.86. The summed E-state index contributed by atoms with van der Waals surface area (Å²) in [7, 11) is 1.55. The third kappa shape index (κ3) is 27.8. The fourth-order valence-electron chi connectivity index (χ4n) is 11.1. The van der Waals surface area contributed by atoms with Gasteiger partial charge in [-0.15, -0.1) is 0 Å². The molecule has 1 aromatic rings. The number of rotatable bonds is 45. The molecule has 4 saturated heterocycles. The predicted octanol–water partition coefficient (Wildman–Crippen LogP) is -10.5. The van der Waals surface area contributed by atoms with Crippen LogP contribution >= 0.6 is 0 Å². The topological polar surface area (TPSA) is 555 Å². The number of benzene rings is 1. The fourth-order valence-corrected chi connectivity index (χ4v) is 11.1. The summed E-state index contributed by atoms with van der Waals surface area (Å²) < 4.78 is 44.5. The Labute approximate surface area is 573 Å². The fraction of sp³-hybridized carbons (Fsp3) is 0.787. The lowest BCUT2D eigenvalue weighted by Crippen LogP contribution is -2.64. The second-order valence-electron chi connectivity index (χ2n) is 24.6. The number of hydrogen-bond acceptors (Lipinski definition) is 31. The van der Waals surface area contributed by atoms with Gasteiger partial charge in [0, 0.05) is 52.0 Å². The molecule has 4 aliphatic rings. The van der Waals surface area contributed by atoms with Crippen LogP contribution in [0.15, 0.2) is 30.3 Å². The number of carbonyl (C=O) groups is 7. The largest absolute Gasteiger partial charge is 0.394 e. The molecule has 38 heteroatoms. The first-order valence-corrected chi connectivity index (χ1v) is 33.4. The van der Waals surface area contributed by atoms with Gasteiger partial charge in [0.1, 0.15) is 104 Å². The lowest BCUT2D eigenvalue weighted by atomic mass is 9.97. The Morgan fingerprint density at radius 3 is 1.17 bits per heavy atom. The standard InChI is InChI=1S/C61H103BN8O29/c62-70(68-35(29-71)25-34-13-5-1-6-14-34)45(81)17-9-4-12-20-65-44(80)28-69(26-42(78)63-18-10-2-7-15-40(76)66-21-23-92-60-56(52(88)48(84)38(32-74)96-60)98-58-54(90)50(86)46(82)36(30-72)94-58)27-43(79)64-19-11-3-8-16-41(77)67-22-24-93-61-57(53(89)49(85)39(33-75)97-61)99-59-55(91)51(87)47(83)37(31-73)95-59/h1,5-6,13-14,29,35-39,46-61,68,72-75,82-91H,2-4,7-12,15-28,30-33,62H2,(H,63,78)(H,64,79)(H,65,80)(H,66,76)(H,67,77)/t35-,36+,37+,38+,39+,46+,47+,48+,49+,50-,51-,52-,53-,54-,55-,56-,57-,58+,59+,60-,61-/m0/s1. The molecule has 4 heterocycles. The van der Waals surface area contributed by atoms with E-state index in [4.69, 9.17) is 37.9 Å². The van der Waals surface area contributed by atoms with Crippen molar-refractivity contribution in [2.75, 3.05) is 92.0 Å². The number of hydrazine groups is 1. The summed E-state index contributed by atoms with van der Waals surface area (Å²) in [6, 6.07) is 8.75. The monoisotopic (exact) mass is 1420 g/mol. The second kappa shape index (κ2) is 45.0. The molecule has 5 rings (SSSR count). The third-order valence-electron chi connectivity index (χ3n) is 16.8. The van der Waals surface area contributed by atoms with Crippen LogP contribution in [0.1, 0.15) is 82.6 Å². The van der Waals surface area contributed by atoms with Crippen LogP contribution in [0.5, 0.6) is 0 Å². The Hall–Kier alpha value is -5.19. The summed E-state index contributed by atoms with van der Waals surface area (Å²) in [6.07, 6.45) is -26.9. The minimum Gasteiger partial charge on any atom is -0.394 e. The van der Waals surface area contributed by atoms with Crippen LogP contribution in [0.4, 0.5) is 0 Å². The van der Waals surface area contributed by atoms with Gasteiger partial charge in [-0.05, 0) is 50.5 Å². The van der Waals surface area contributed by atoms with E-state index in [2.05, 4.69) is 32.0 Å². The Morgan fingerprint density at radius 1 is 0.444 bits per heavy atom. The van der Waals surface area contributed by atoms with E-state index in [1.165, 1.54) is 9.82 Å². The van der Waals surface area contributed by atoms with Crippen molar-refractivity contribution in [3.63, 3.8) is 0 Å². The highest BCUT2D eigenvalue weighted by molar-refractivity contribution is 6.13. The molecule has 21 atom stereocenters. The first-order chi connectivity index (χ1) is 47.4. The van der Waals surface area contributed by atoms with Gasteiger partial charge in [0.05, 0.1) is 65.3 Å². The van der Waals surface area contributed by atoms with Gasteiger partial charge < -0.3 is 146 Å². The molecule has 6 amide bonds. The zero-order chi connectivity index (χ0) is 72.6. The summed E-state index contributed by atoms with van der Waals surface area (Å²) in [4.78, 5) is 92.3. The SMILES string of the molecule is BN(N[C@H](C=O)Cc1ccccc1)C(=O)CCCCCNC(=O)CN(CC(=O)NCCCCCC(=O)NCCO[C@H]1O[C@H](CO)[C@@H](O)[C@H](O)[C@@H]1O[C@H]1O[C@H](CO)[C@@H](O)[C@H](O)[C@@H]1O)CC(=O)NCCCCCC(=O)NCCO[C@H]1O[C@H](CO)[C@@H](O)[C@H](O)[C@@H]1O[C@H]1O[C@H](CO)[C@@H](O)[C@H](O)[C@@H]1O. The average molecular weight is 1420 g/mol. The van der Waals surface area contributed by atoms with Crippen LogP contribution < -0.4 is 32.0 Å². The number of aliphatic hydroxyl groups is 14. The lowest BCUT2D eigenvalue weighted by molar-refractivity contribution is -0.367. The number of nitrogens with zero attached hydrogens (tertiary/aromatic N) is 2. The van der Waals surface area contributed by atoms with Gasteiger partial charge in [-0.1, -0.05) is 49.6 Å². The van der Waals surface area contributed by atoms with Gasteiger partial charge in [-0.3, -0.25) is 33.7 Å². The molecule has 0 aliphatic carbocycles. The van der Waals surface area contributed by atoms with Gasteiger partial charge in [-0.2, -0.15) is 0 Å². The molecular weight excluding hydrogens is 1320 g/mol. The maximum absolute atomic E-state index is 13.2. The minimum absolute atomic E-state index is 0.0726. The normalized spacial score (nSPS) is 30.4. The summed E-state index contributed by atoms with van der Waals surface area (Å²) in [6.45, 7) is -3.98. The number of aldehydes is 1. The van der Waals surface area contributed by atoms with E-state index in [0.717, 1.165) is 11.8 Å². The number of hydrogen-bond donors (Lipinski definition) is 20. The maximum Gasteiger partial charge on any atom is 0.243 e. The molecule has 20 N–H and O–H groups in total. The predicted molar refractivity (Wildman–Crippen MR) is 340 cm³/mol. The Morgan fingerprint density at radius 2 is 0.798 bits per heavy atom. The highest BCUT2D eigenvalue weighted by Gasteiger charge is 2.53. The Kier molecular flexibility index (Phi) is 38.4. The number of amides is 6. The van der Waals surface area contributed by atoms with Crippen molar-refractivity contribution < 1.29 is 143 Å². The van der Waals surface area contributed by atoms with Crippen LogP contribution in [0.25, 0.3) is 0 Å². The van der Waals surface area contributed by atoms with Crippen LogP contribution in [0.2, 0.25) is 0 Å². The highest BCUT2D eigenvalue weighted by atomic mass is 16.8. The van der Waals surface area contributed by atoms with Crippen molar-refractivity contribution >= 4 is 49.7 Å². The summed E-state index contributed by atoms with van der Waals surface area (Å²) in [5, 5.41) is 156. The molecule has 4 aliphatic heterocycles. The first kappa shape index (κ1) is 84.5. The number of nitrogens with one attached hydrogen (secondary N) is 6. The van der Waals surface area contributed by atoms with Crippen molar-refractivity contribution in [1.82, 2.24) is 41.8 Å². The Bertz CT molecular complexity index is 2430. The molecule has 564 valence electrons. The van der Waals surface area contributed by atoms with Crippen molar-refractivity contribution in [3.05, 3.63) is 35.9 Å². The van der Waals surface area contributed by atoms with E-state index in [0.29, 0.717) is 64.2 Å². The highest BCUT2D eigenvalue weighted by Crippen LogP contribution is 2.32. The molecule has 0 aromatic heterocycles. The smallest absolute Gasteiger partial charge is 0.243 e. The van der Waals surface area contributed by atoms with E-state index in [9.17, 15) is 105 Å². The number of carbonyl (C=O) groups excluding carboxylic acids is 7. The molecule has 0 bridgehead atoms. The quantitative estimate of drug-likeness (QED) is 0.0125. The second-order valence-corrected chi connectivity index (χ2v) is 24.6. The summed E-state index contributed by atoms with van der Waals surface area (Å²) >= 11 is 0. The van der Waals surface area contributed by atoms with E-state index >= 15 is 0 Å². The Balaban J connectivity index is 1.01. The maximum atomic E-state index is 13.2. The van der Waals surface area contributed by atoms with Gasteiger partial charge in [-0.25, -0.2) is 5.43 Å². The van der Waals surface area contributed by atoms with Crippen LogP contribution in [-0.4, -0.2) is 352 Å². The van der Waals surface area contributed by atoms with Crippen molar-refractivity contribution in [2.24, 2.45) is 0 Å².